The van der Waals surface area contributed by atoms with Crippen LogP contribution in [0, 0.1) is 5.92 Å². The van der Waals surface area contributed by atoms with E-state index in [0.29, 0.717) is 12.5 Å². The van der Waals surface area contributed by atoms with Gasteiger partial charge in [-0.1, -0.05) is 0 Å². The number of hydrogen-bond acceptors (Lipinski definition) is 4. The maximum atomic E-state index is 11.5. The number of piperidine rings is 1. The summed E-state index contributed by atoms with van der Waals surface area (Å²) in [5.74, 6) is 1.54. The Labute approximate surface area is 169 Å². The van der Waals surface area contributed by atoms with E-state index in [1.807, 2.05) is 20.8 Å². The molecule has 0 atom stereocenters. The van der Waals surface area contributed by atoms with Crippen molar-refractivity contribution in [2.45, 2.75) is 45.6 Å². The van der Waals surface area contributed by atoms with Gasteiger partial charge in [-0.15, -0.1) is 24.0 Å². The SMILES string of the molecule is CN=C(NCCCNC(=O)OC(C)(C)C)NCC1CCN(C)CC1.I. The Bertz CT molecular complexity index is 404. The number of likely N-dealkylation sites (tertiary alicyclic amines) is 1. The van der Waals surface area contributed by atoms with Gasteiger partial charge in [-0.2, -0.15) is 0 Å². The lowest BCUT2D eigenvalue weighted by Gasteiger charge is -2.29. The van der Waals surface area contributed by atoms with Crippen LogP contribution in [0.2, 0.25) is 0 Å². The van der Waals surface area contributed by atoms with Gasteiger partial charge in [-0.3, -0.25) is 4.99 Å². The summed E-state index contributed by atoms with van der Waals surface area (Å²) in [6.07, 6.45) is 2.92. The first kappa shape index (κ1) is 24.2. The van der Waals surface area contributed by atoms with Gasteiger partial charge in [-0.05, 0) is 66.1 Å². The van der Waals surface area contributed by atoms with Gasteiger partial charge < -0.3 is 25.6 Å². The molecule has 0 spiro atoms. The number of rotatable bonds is 6. The molecule has 1 fully saturated rings. The molecule has 0 aromatic rings. The van der Waals surface area contributed by atoms with E-state index >= 15 is 0 Å². The summed E-state index contributed by atoms with van der Waals surface area (Å²) >= 11 is 0. The molecule has 1 saturated heterocycles. The Hall–Kier alpha value is -0.770. The molecule has 148 valence electrons. The highest BCUT2D eigenvalue weighted by atomic mass is 127. The number of alkyl carbamates (subject to hydrolysis) is 1. The number of carbonyl (C=O) groups is 1. The first-order chi connectivity index (χ1) is 11.3. The predicted molar refractivity (Wildman–Crippen MR) is 114 cm³/mol. The molecule has 0 unspecified atom stereocenters. The summed E-state index contributed by atoms with van der Waals surface area (Å²) in [7, 11) is 3.96. The molecular weight excluding hydrogens is 433 g/mol. The lowest BCUT2D eigenvalue weighted by Crippen LogP contribution is -2.43. The van der Waals surface area contributed by atoms with Crippen molar-refractivity contribution in [2.75, 3.05) is 46.8 Å². The van der Waals surface area contributed by atoms with E-state index in [9.17, 15) is 4.79 Å². The summed E-state index contributed by atoms with van der Waals surface area (Å²) in [4.78, 5) is 18.1. The number of nitrogens with zero attached hydrogens (tertiary/aromatic N) is 2. The van der Waals surface area contributed by atoms with Gasteiger partial charge in [0.05, 0.1) is 0 Å². The van der Waals surface area contributed by atoms with Crippen LogP contribution >= 0.6 is 24.0 Å². The third kappa shape index (κ3) is 12.3. The highest BCUT2D eigenvalue weighted by Gasteiger charge is 2.17. The molecule has 1 heterocycles. The summed E-state index contributed by atoms with van der Waals surface area (Å²) in [6, 6.07) is 0. The highest BCUT2D eigenvalue weighted by Crippen LogP contribution is 2.14. The van der Waals surface area contributed by atoms with E-state index in [2.05, 4.69) is 32.9 Å². The van der Waals surface area contributed by atoms with Gasteiger partial charge in [0, 0.05) is 26.7 Å². The molecule has 1 aliphatic rings. The smallest absolute Gasteiger partial charge is 0.407 e. The average Bonchev–Trinajstić information content (AvgIpc) is 2.50. The Morgan fingerprint density at radius 1 is 1.16 bits per heavy atom. The second kappa shape index (κ2) is 12.6. The number of hydrogen-bond donors (Lipinski definition) is 3. The van der Waals surface area contributed by atoms with Crippen molar-refractivity contribution in [3.8, 4) is 0 Å². The Morgan fingerprint density at radius 3 is 2.32 bits per heavy atom. The molecule has 1 amide bonds. The summed E-state index contributed by atoms with van der Waals surface area (Å²) in [5.41, 5.74) is -0.456. The van der Waals surface area contributed by atoms with Crippen molar-refractivity contribution in [1.29, 1.82) is 0 Å². The van der Waals surface area contributed by atoms with E-state index < -0.39 is 5.60 Å². The number of amides is 1. The highest BCUT2D eigenvalue weighted by molar-refractivity contribution is 14.0. The van der Waals surface area contributed by atoms with E-state index in [0.717, 1.165) is 25.5 Å². The molecular formula is C17H36IN5O2. The third-order valence-electron chi connectivity index (χ3n) is 3.93. The number of ether oxygens (including phenoxy) is 1. The lowest BCUT2D eigenvalue weighted by molar-refractivity contribution is 0.0527. The number of carbonyl (C=O) groups excluding carboxylic acids is 1. The normalized spacial score (nSPS) is 16.8. The molecule has 3 N–H and O–H groups in total. The summed E-state index contributed by atoms with van der Waals surface area (Å²) in [5, 5.41) is 9.42. The van der Waals surface area contributed by atoms with Crippen LogP contribution in [0.25, 0.3) is 0 Å². The predicted octanol–water partition coefficient (Wildman–Crippen LogP) is 2.03. The van der Waals surface area contributed by atoms with Crippen LogP contribution in [0.4, 0.5) is 4.79 Å². The van der Waals surface area contributed by atoms with Crippen LogP contribution in [0.15, 0.2) is 4.99 Å². The van der Waals surface area contributed by atoms with Gasteiger partial charge in [0.15, 0.2) is 5.96 Å². The fourth-order valence-corrected chi connectivity index (χ4v) is 2.53. The Balaban J connectivity index is 0.00000576. The van der Waals surface area contributed by atoms with Crippen molar-refractivity contribution < 1.29 is 9.53 Å². The second-order valence-corrected chi connectivity index (χ2v) is 7.41. The van der Waals surface area contributed by atoms with Gasteiger partial charge in [-0.25, -0.2) is 4.79 Å². The van der Waals surface area contributed by atoms with E-state index in [4.69, 9.17) is 4.74 Å². The number of halogens is 1. The van der Waals surface area contributed by atoms with E-state index in [1.54, 1.807) is 7.05 Å². The van der Waals surface area contributed by atoms with Gasteiger partial charge in [0.25, 0.3) is 0 Å². The van der Waals surface area contributed by atoms with Crippen LogP contribution in [0.3, 0.4) is 0 Å². The average molecular weight is 469 g/mol. The van der Waals surface area contributed by atoms with E-state index in [-0.39, 0.29) is 30.1 Å². The maximum Gasteiger partial charge on any atom is 0.407 e. The van der Waals surface area contributed by atoms with Crippen molar-refractivity contribution in [2.24, 2.45) is 10.9 Å². The zero-order chi connectivity index (χ0) is 18.0. The molecule has 7 nitrogen and oxygen atoms in total. The fraction of sp³-hybridized carbons (Fsp3) is 0.882. The van der Waals surface area contributed by atoms with Crippen LogP contribution in [0.5, 0.6) is 0 Å². The topological polar surface area (TPSA) is 78.0 Å². The third-order valence-corrected chi connectivity index (χ3v) is 3.93. The Kier molecular flexibility index (Phi) is 12.2. The minimum atomic E-state index is -0.456. The minimum Gasteiger partial charge on any atom is -0.444 e. The largest absolute Gasteiger partial charge is 0.444 e. The summed E-state index contributed by atoms with van der Waals surface area (Å²) < 4.78 is 5.19. The number of nitrogens with one attached hydrogen (secondary N) is 3. The number of aliphatic imine (C=N–C) groups is 1. The molecule has 1 aliphatic heterocycles. The van der Waals surface area contributed by atoms with Crippen LogP contribution in [-0.2, 0) is 4.74 Å². The van der Waals surface area contributed by atoms with Crippen molar-refractivity contribution in [3.05, 3.63) is 0 Å². The monoisotopic (exact) mass is 469 g/mol. The van der Waals surface area contributed by atoms with Crippen molar-refractivity contribution in [1.82, 2.24) is 20.9 Å². The lowest BCUT2D eigenvalue weighted by atomic mass is 9.97. The van der Waals surface area contributed by atoms with Crippen molar-refractivity contribution >= 4 is 36.0 Å². The second-order valence-electron chi connectivity index (χ2n) is 7.41. The fourth-order valence-electron chi connectivity index (χ4n) is 2.53. The van der Waals surface area contributed by atoms with Gasteiger partial charge >= 0.3 is 6.09 Å². The van der Waals surface area contributed by atoms with Crippen LogP contribution in [-0.4, -0.2) is 69.4 Å². The van der Waals surface area contributed by atoms with Crippen LogP contribution < -0.4 is 16.0 Å². The molecule has 0 aromatic heterocycles. The van der Waals surface area contributed by atoms with E-state index in [1.165, 1.54) is 25.9 Å². The number of guanidine groups is 1. The minimum absolute atomic E-state index is 0. The van der Waals surface area contributed by atoms with Gasteiger partial charge in [0.2, 0.25) is 0 Å². The first-order valence-corrected chi connectivity index (χ1v) is 8.90. The summed E-state index contributed by atoms with van der Waals surface area (Å²) in [6.45, 7) is 10.2. The molecule has 1 rings (SSSR count). The molecule has 0 aromatic carbocycles. The molecule has 8 heteroatoms. The van der Waals surface area contributed by atoms with Gasteiger partial charge in [0.1, 0.15) is 5.60 Å². The molecule has 0 radical (unpaired) electrons. The quantitative estimate of drug-likeness (QED) is 0.240. The first-order valence-electron chi connectivity index (χ1n) is 8.90. The molecule has 0 aliphatic carbocycles. The Morgan fingerprint density at radius 2 is 1.76 bits per heavy atom. The van der Waals surface area contributed by atoms with Crippen LogP contribution in [0.1, 0.15) is 40.0 Å². The van der Waals surface area contributed by atoms with Crippen molar-refractivity contribution in [3.63, 3.8) is 0 Å². The molecule has 0 bridgehead atoms. The molecule has 0 saturated carbocycles. The standard InChI is InChI=1S/C17H35N5O2.HI/c1-17(2,3)24-16(23)20-10-6-9-19-15(18-4)21-13-14-7-11-22(5)12-8-14;/h14H,6-13H2,1-5H3,(H,20,23)(H2,18,19,21);1H. The molecule has 25 heavy (non-hydrogen) atoms. The maximum absolute atomic E-state index is 11.5. The zero-order valence-electron chi connectivity index (χ0n) is 16.4. The zero-order valence-corrected chi connectivity index (χ0v) is 18.7.